The SMILES string of the molecule is Cc1cccc(C)c1-c1cc2nc(n1)NS(=O)(=O)c1cccc(c1)C(=O)N(Cc1cncc(N(CCOC(C)C)C(C)C)n1)[C@H](CC(C)(C)C)CO2. The van der Waals surface area contributed by atoms with Crippen molar-refractivity contribution in [3.63, 3.8) is 0 Å². The van der Waals surface area contributed by atoms with Gasteiger partial charge in [-0.1, -0.05) is 45.0 Å². The first-order valence-corrected chi connectivity index (χ1v) is 19.2. The van der Waals surface area contributed by atoms with Crippen LogP contribution < -0.4 is 14.4 Å². The van der Waals surface area contributed by atoms with Crippen molar-refractivity contribution in [1.82, 2.24) is 24.8 Å². The van der Waals surface area contributed by atoms with Crippen molar-refractivity contribution in [1.29, 1.82) is 0 Å². The van der Waals surface area contributed by atoms with Crippen molar-refractivity contribution in [3.8, 4) is 17.1 Å². The number of fused-ring (bicyclic) bond motifs is 4. The van der Waals surface area contributed by atoms with Crippen molar-refractivity contribution >= 4 is 27.7 Å². The predicted octanol–water partition coefficient (Wildman–Crippen LogP) is 6.83. The van der Waals surface area contributed by atoms with Gasteiger partial charge in [0.2, 0.25) is 11.8 Å². The Morgan fingerprint density at radius 2 is 1.71 bits per heavy atom. The Hall–Kier alpha value is -4.62. The largest absolute Gasteiger partial charge is 0.475 e. The van der Waals surface area contributed by atoms with Crippen molar-refractivity contribution in [2.45, 2.75) is 98.4 Å². The number of anilines is 2. The standard InChI is InChI=1S/C39H51N7O5S/c1-25(2)45(16-17-50-26(3)4)34-22-40-21-30(41-34)23-46-31(20-39(7,8)9)24-51-35-19-33(36-27(5)12-10-13-28(36)6)42-38(43-35)44-52(48,49)32-15-11-14-29(18-32)37(46)47/h10-15,18-19,21-22,25-26,31H,16-17,20,23-24H2,1-9H3,(H,42,43,44)/t31-/m1/s1. The fourth-order valence-electron chi connectivity index (χ4n) is 6.35. The van der Waals surface area contributed by atoms with E-state index >= 15 is 0 Å². The van der Waals surface area contributed by atoms with E-state index in [9.17, 15) is 13.2 Å². The minimum atomic E-state index is -4.20. The number of benzene rings is 2. The second kappa shape index (κ2) is 16.0. The highest BCUT2D eigenvalue weighted by molar-refractivity contribution is 7.92. The first-order valence-electron chi connectivity index (χ1n) is 17.7. The van der Waals surface area contributed by atoms with Gasteiger partial charge in [-0.15, -0.1) is 0 Å². The Morgan fingerprint density at radius 1 is 1.00 bits per heavy atom. The average molecular weight is 730 g/mol. The molecule has 52 heavy (non-hydrogen) atoms. The zero-order chi connectivity index (χ0) is 37.8. The smallest absolute Gasteiger partial charge is 0.264 e. The van der Waals surface area contributed by atoms with Crippen LogP contribution >= 0.6 is 0 Å². The van der Waals surface area contributed by atoms with Crippen molar-refractivity contribution in [3.05, 3.63) is 83.3 Å². The first-order chi connectivity index (χ1) is 24.5. The van der Waals surface area contributed by atoms with Crippen LogP contribution in [-0.2, 0) is 21.3 Å². The lowest BCUT2D eigenvalue weighted by atomic mass is 9.87. The number of sulfonamides is 1. The van der Waals surface area contributed by atoms with Crippen LogP contribution in [0.5, 0.6) is 5.88 Å². The van der Waals surface area contributed by atoms with Gasteiger partial charge in [0.25, 0.3) is 15.9 Å². The number of nitrogens with zero attached hydrogens (tertiary/aromatic N) is 6. The number of amides is 1. The summed E-state index contributed by atoms with van der Waals surface area (Å²) in [6.07, 6.45) is 4.05. The molecule has 1 amide bonds. The number of ether oxygens (including phenoxy) is 2. The topological polar surface area (TPSA) is 140 Å². The summed E-state index contributed by atoms with van der Waals surface area (Å²) in [5.41, 5.74) is 3.89. The van der Waals surface area contributed by atoms with Gasteiger partial charge in [0.1, 0.15) is 12.4 Å². The molecule has 13 heteroatoms. The van der Waals surface area contributed by atoms with Gasteiger partial charge in [-0.05, 0) is 82.7 Å². The number of hydrogen-bond acceptors (Lipinski definition) is 10. The molecule has 1 N–H and O–H groups in total. The number of aromatic nitrogens is 4. The molecular weight excluding hydrogens is 679 g/mol. The van der Waals surface area contributed by atoms with E-state index in [1.165, 1.54) is 12.1 Å². The number of carbonyl (C=O) groups is 1. The molecule has 2 aromatic carbocycles. The van der Waals surface area contributed by atoms with Crippen molar-refractivity contribution < 1.29 is 22.7 Å². The Balaban J connectivity index is 1.61. The van der Waals surface area contributed by atoms with Crippen molar-refractivity contribution in [2.75, 3.05) is 29.4 Å². The minimum Gasteiger partial charge on any atom is -0.475 e. The molecule has 0 aliphatic carbocycles. The van der Waals surface area contributed by atoms with Gasteiger partial charge in [-0.3, -0.25) is 9.78 Å². The molecule has 12 nitrogen and oxygen atoms in total. The van der Waals surface area contributed by atoms with Gasteiger partial charge in [0.15, 0.2) is 0 Å². The summed E-state index contributed by atoms with van der Waals surface area (Å²) in [5.74, 6) is 0.367. The molecule has 278 valence electrons. The van der Waals surface area contributed by atoms with Gasteiger partial charge < -0.3 is 19.3 Å². The normalized spacial score (nSPS) is 16.1. The summed E-state index contributed by atoms with van der Waals surface area (Å²) in [5, 5.41) is 0. The highest BCUT2D eigenvalue weighted by Gasteiger charge is 2.32. The van der Waals surface area contributed by atoms with E-state index in [1.54, 1.807) is 35.5 Å². The molecule has 3 heterocycles. The summed E-state index contributed by atoms with van der Waals surface area (Å²) >= 11 is 0. The molecule has 0 saturated carbocycles. The Kier molecular flexibility index (Phi) is 11.8. The fourth-order valence-corrected chi connectivity index (χ4v) is 7.34. The van der Waals surface area contributed by atoms with Gasteiger partial charge >= 0.3 is 0 Å². The number of nitrogens with one attached hydrogen (secondary N) is 1. The lowest BCUT2D eigenvalue weighted by Crippen LogP contribution is -2.45. The summed E-state index contributed by atoms with van der Waals surface area (Å²) in [7, 11) is -4.20. The molecule has 1 aliphatic rings. The lowest BCUT2D eigenvalue weighted by Gasteiger charge is -2.36. The molecular formula is C39H51N7O5S. The number of rotatable bonds is 10. The second-order valence-corrected chi connectivity index (χ2v) is 16.7. The van der Waals surface area contributed by atoms with Gasteiger partial charge in [0, 0.05) is 29.8 Å². The summed E-state index contributed by atoms with van der Waals surface area (Å²) < 4.78 is 42.3. The molecule has 4 aromatic rings. The average Bonchev–Trinajstić information content (AvgIpc) is 3.06. The van der Waals surface area contributed by atoms with Gasteiger partial charge in [-0.25, -0.2) is 23.1 Å². The molecule has 0 saturated heterocycles. The fraction of sp³-hybridized carbons (Fsp3) is 0.462. The van der Waals surface area contributed by atoms with Gasteiger partial charge in [-0.2, -0.15) is 4.98 Å². The summed E-state index contributed by atoms with van der Waals surface area (Å²) in [6.45, 7) is 19.8. The zero-order valence-electron chi connectivity index (χ0n) is 31.7. The molecule has 2 aromatic heterocycles. The van der Waals surface area contributed by atoms with E-state index in [2.05, 4.69) is 59.2 Å². The number of carbonyl (C=O) groups excluding carboxylic acids is 1. The van der Waals surface area contributed by atoms with Crippen LogP contribution in [0.4, 0.5) is 11.8 Å². The molecule has 4 bridgehead atoms. The van der Waals surface area contributed by atoms with Gasteiger partial charge in [0.05, 0.1) is 54.0 Å². The Bertz CT molecular complexity index is 1980. The zero-order valence-corrected chi connectivity index (χ0v) is 32.5. The quantitative estimate of drug-likeness (QED) is 0.185. The second-order valence-electron chi connectivity index (χ2n) is 15.1. The molecule has 0 unspecified atom stereocenters. The molecule has 0 radical (unpaired) electrons. The highest BCUT2D eigenvalue weighted by Crippen LogP contribution is 2.32. The van der Waals surface area contributed by atoms with Crippen LogP contribution in [0.1, 0.15) is 82.1 Å². The van der Waals surface area contributed by atoms with Crippen LogP contribution in [0.2, 0.25) is 0 Å². The van der Waals surface area contributed by atoms with E-state index in [0.717, 1.165) is 16.7 Å². The van der Waals surface area contributed by atoms with E-state index in [0.29, 0.717) is 36.8 Å². The molecule has 5 rings (SSSR count). The summed E-state index contributed by atoms with van der Waals surface area (Å²) in [6, 6.07) is 13.3. The maximum Gasteiger partial charge on any atom is 0.264 e. The molecule has 0 spiro atoms. The minimum absolute atomic E-state index is 0.0792. The Morgan fingerprint density at radius 3 is 2.38 bits per heavy atom. The van der Waals surface area contributed by atoms with E-state index in [4.69, 9.17) is 14.5 Å². The molecule has 1 atom stereocenters. The van der Waals surface area contributed by atoms with Crippen molar-refractivity contribution in [2.24, 2.45) is 5.41 Å². The first kappa shape index (κ1) is 38.6. The maximum absolute atomic E-state index is 14.6. The van der Waals surface area contributed by atoms with E-state index in [1.807, 2.05) is 45.9 Å². The molecule has 0 fully saturated rings. The third-order valence-electron chi connectivity index (χ3n) is 8.74. The highest BCUT2D eigenvalue weighted by atomic mass is 32.2. The van der Waals surface area contributed by atoms with Crippen LogP contribution in [-0.4, -0.2) is 77.1 Å². The third-order valence-corrected chi connectivity index (χ3v) is 10.1. The maximum atomic E-state index is 14.6. The Labute approximate surface area is 308 Å². The number of aryl methyl sites for hydroxylation is 2. The predicted molar refractivity (Wildman–Crippen MR) is 203 cm³/mol. The van der Waals surface area contributed by atoms with Crippen LogP contribution in [0.15, 0.2) is 65.8 Å². The van der Waals surface area contributed by atoms with E-state index in [-0.39, 0.29) is 58.9 Å². The van der Waals surface area contributed by atoms with Crippen LogP contribution in [0.3, 0.4) is 0 Å². The third kappa shape index (κ3) is 9.62. The van der Waals surface area contributed by atoms with Crippen LogP contribution in [0, 0.1) is 19.3 Å². The van der Waals surface area contributed by atoms with Crippen LogP contribution in [0.25, 0.3) is 11.3 Å². The lowest BCUT2D eigenvalue weighted by molar-refractivity contribution is 0.0509. The monoisotopic (exact) mass is 729 g/mol. The number of hydrogen-bond donors (Lipinski definition) is 1. The van der Waals surface area contributed by atoms with E-state index < -0.39 is 16.1 Å². The summed E-state index contributed by atoms with van der Waals surface area (Å²) in [4.78, 5) is 37.0. The molecule has 1 aliphatic heterocycles.